The van der Waals surface area contributed by atoms with Gasteiger partial charge in [0.05, 0.1) is 0 Å². The lowest BCUT2D eigenvalue weighted by Gasteiger charge is -2.31. The third kappa shape index (κ3) is 7.02. The largest absolute Gasteiger partial charge is 0.203 e. The predicted octanol–water partition coefficient (Wildman–Crippen LogP) is 11.0. The second-order valence-electron chi connectivity index (χ2n) is 12.1. The normalized spacial score (nSPS) is 24.1. The van der Waals surface area contributed by atoms with Gasteiger partial charge in [-0.2, -0.15) is 0 Å². The molecule has 4 heteroatoms. The smallest absolute Gasteiger partial charge is 0.162 e. The Balaban J connectivity index is 1.29. The molecule has 0 bridgehead atoms. The van der Waals surface area contributed by atoms with Gasteiger partial charge in [-0.15, -0.1) is 0 Å². The molecule has 2 aromatic carbocycles. The second-order valence-corrected chi connectivity index (χ2v) is 12.1. The van der Waals surface area contributed by atoms with Gasteiger partial charge in [-0.05, 0) is 123 Å². The highest BCUT2D eigenvalue weighted by Gasteiger charge is 2.29. The van der Waals surface area contributed by atoms with Crippen LogP contribution in [0.25, 0.3) is 0 Å². The summed E-state index contributed by atoms with van der Waals surface area (Å²) in [4.78, 5) is 0. The molecule has 0 radical (unpaired) electrons. The zero-order valence-corrected chi connectivity index (χ0v) is 23.4. The van der Waals surface area contributed by atoms with Crippen molar-refractivity contribution in [2.24, 2.45) is 11.8 Å². The Bertz CT molecular complexity index is 1030. The molecule has 0 spiro atoms. The highest BCUT2D eigenvalue weighted by molar-refractivity contribution is 5.32. The van der Waals surface area contributed by atoms with E-state index in [4.69, 9.17) is 0 Å². The van der Waals surface area contributed by atoms with Gasteiger partial charge < -0.3 is 0 Å². The number of hydrogen-bond donors (Lipinski definition) is 0. The maximum absolute atomic E-state index is 15.2. The first kappa shape index (κ1) is 29.2. The Kier molecular flexibility index (Phi) is 10.7. The first-order valence-corrected chi connectivity index (χ1v) is 15.4. The number of benzene rings is 2. The number of rotatable bonds is 11. The van der Waals surface area contributed by atoms with Crippen LogP contribution in [-0.2, 0) is 12.8 Å². The van der Waals surface area contributed by atoms with Gasteiger partial charge in [-0.3, -0.25) is 0 Å². The van der Waals surface area contributed by atoms with E-state index in [-0.39, 0.29) is 11.8 Å². The molecule has 0 heterocycles. The second kappa shape index (κ2) is 14.0. The molecule has 0 N–H and O–H groups in total. The average Bonchev–Trinajstić information content (AvgIpc) is 2.93. The summed E-state index contributed by atoms with van der Waals surface area (Å²) in [5, 5.41) is 0. The Morgan fingerprint density at radius 1 is 0.526 bits per heavy atom. The highest BCUT2D eigenvalue weighted by atomic mass is 19.2. The lowest BCUT2D eigenvalue weighted by molar-refractivity contribution is 0.297. The molecule has 38 heavy (non-hydrogen) atoms. The summed E-state index contributed by atoms with van der Waals surface area (Å²) in [6.07, 6.45) is 14.9. The Labute approximate surface area is 227 Å². The summed E-state index contributed by atoms with van der Waals surface area (Å²) in [7, 11) is 0. The van der Waals surface area contributed by atoms with E-state index in [2.05, 4.69) is 13.8 Å². The molecule has 210 valence electrons. The van der Waals surface area contributed by atoms with Crippen molar-refractivity contribution in [1.82, 2.24) is 0 Å². The van der Waals surface area contributed by atoms with Crippen LogP contribution in [0.15, 0.2) is 24.3 Å². The third-order valence-electron chi connectivity index (χ3n) is 9.53. The first-order valence-electron chi connectivity index (χ1n) is 15.4. The molecule has 2 fully saturated rings. The Hall–Kier alpha value is -1.84. The fourth-order valence-electron chi connectivity index (χ4n) is 7.08. The Morgan fingerprint density at radius 2 is 1.00 bits per heavy atom. The number of halogens is 4. The minimum Gasteiger partial charge on any atom is -0.203 e. The summed E-state index contributed by atoms with van der Waals surface area (Å²) in [6, 6.07) is 7.20. The average molecular weight is 531 g/mol. The molecule has 2 aliphatic rings. The summed E-state index contributed by atoms with van der Waals surface area (Å²) >= 11 is 0. The quantitative estimate of drug-likeness (QED) is 0.200. The molecule has 0 unspecified atom stereocenters. The van der Waals surface area contributed by atoms with Crippen LogP contribution in [0.1, 0.15) is 138 Å². The van der Waals surface area contributed by atoms with Crippen molar-refractivity contribution in [3.8, 4) is 0 Å². The van der Waals surface area contributed by atoms with Crippen LogP contribution in [-0.4, -0.2) is 0 Å². The van der Waals surface area contributed by atoms with Crippen molar-refractivity contribution < 1.29 is 17.6 Å². The monoisotopic (exact) mass is 530 g/mol. The number of unbranched alkanes of at least 4 members (excludes halogenated alkanes) is 2. The van der Waals surface area contributed by atoms with E-state index in [0.717, 1.165) is 83.0 Å². The van der Waals surface area contributed by atoms with E-state index in [0.29, 0.717) is 41.0 Å². The fourth-order valence-corrected chi connectivity index (χ4v) is 7.08. The molecule has 2 saturated carbocycles. The van der Waals surface area contributed by atoms with Crippen molar-refractivity contribution in [2.45, 2.75) is 128 Å². The van der Waals surface area contributed by atoms with Crippen molar-refractivity contribution in [1.29, 1.82) is 0 Å². The van der Waals surface area contributed by atoms with Gasteiger partial charge in [-0.1, -0.05) is 63.8 Å². The molecule has 2 aliphatic carbocycles. The van der Waals surface area contributed by atoms with Gasteiger partial charge >= 0.3 is 0 Å². The molecule has 0 aliphatic heterocycles. The van der Waals surface area contributed by atoms with Crippen LogP contribution < -0.4 is 0 Å². The molecule has 0 atom stereocenters. The maximum atomic E-state index is 15.2. The number of aryl methyl sites for hydroxylation is 2. The predicted molar refractivity (Wildman–Crippen MR) is 149 cm³/mol. The molecule has 2 aromatic rings. The van der Waals surface area contributed by atoms with Crippen molar-refractivity contribution in [3.63, 3.8) is 0 Å². The molecule has 0 nitrogen and oxygen atoms in total. The minimum absolute atomic E-state index is 0.0340. The summed E-state index contributed by atoms with van der Waals surface area (Å²) in [5.74, 6) is -1.32. The van der Waals surface area contributed by atoms with E-state index in [1.54, 1.807) is 12.1 Å². The topological polar surface area (TPSA) is 0 Å². The third-order valence-corrected chi connectivity index (χ3v) is 9.53. The fraction of sp³-hybridized carbons (Fsp3) is 0.647. The number of hydrogen-bond acceptors (Lipinski definition) is 0. The van der Waals surface area contributed by atoms with E-state index in [1.165, 1.54) is 12.8 Å². The van der Waals surface area contributed by atoms with Crippen molar-refractivity contribution in [3.05, 3.63) is 69.8 Å². The zero-order valence-electron chi connectivity index (χ0n) is 23.4. The summed E-state index contributed by atoms with van der Waals surface area (Å²) in [5.41, 5.74) is 2.03. The van der Waals surface area contributed by atoms with Crippen LogP contribution >= 0.6 is 0 Å². The summed E-state index contributed by atoms with van der Waals surface area (Å²) < 4.78 is 59.6. The highest BCUT2D eigenvalue weighted by Crippen LogP contribution is 2.42. The molecule has 0 amide bonds. The van der Waals surface area contributed by atoms with Crippen LogP contribution in [0.2, 0.25) is 0 Å². The maximum Gasteiger partial charge on any atom is 0.162 e. The lowest BCUT2D eigenvalue weighted by Crippen LogP contribution is -2.18. The van der Waals surface area contributed by atoms with Gasteiger partial charge in [0.2, 0.25) is 0 Å². The van der Waals surface area contributed by atoms with Gasteiger partial charge in [0.15, 0.2) is 23.3 Å². The Morgan fingerprint density at radius 3 is 1.47 bits per heavy atom. The molecule has 0 saturated heterocycles. The molecule has 0 aromatic heterocycles. The van der Waals surface area contributed by atoms with Crippen LogP contribution in [0, 0.1) is 35.1 Å². The van der Waals surface area contributed by atoms with E-state index < -0.39 is 23.3 Å². The van der Waals surface area contributed by atoms with Gasteiger partial charge in [0.1, 0.15) is 0 Å². The summed E-state index contributed by atoms with van der Waals surface area (Å²) in [6.45, 7) is 4.31. The lowest BCUT2D eigenvalue weighted by atomic mass is 9.75. The molecular formula is C34H46F4. The van der Waals surface area contributed by atoms with E-state index in [1.807, 2.05) is 12.1 Å². The van der Waals surface area contributed by atoms with E-state index >= 15 is 8.78 Å². The zero-order chi connectivity index (χ0) is 27.1. The molecule has 4 rings (SSSR count). The first-order chi connectivity index (χ1) is 18.4. The SMILES string of the molecule is CCCCCc1ccc(CCC2CCC(c3ccc(C4CCC(CCC)CC4)c(F)c3F)CC2)c(F)c1F. The van der Waals surface area contributed by atoms with Gasteiger partial charge in [0, 0.05) is 0 Å². The minimum atomic E-state index is -0.691. The molecular weight excluding hydrogens is 484 g/mol. The standard InChI is InChI=1S/C34H46F4/c1-3-5-6-8-27-19-20-28(32(36)31(27)35)18-13-24-11-16-26(17-12-24)30-22-21-29(33(37)34(30)38)25-14-9-23(7-4-2)10-15-25/h19-26H,3-18H2,1-2H3. The van der Waals surface area contributed by atoms with Crippen LogP contribution in [0.4, 0.5) is 17.6 Å². The van der Waals surface area contributed by atoms with E-state index in [9.17, 15) is 8.78 Å². The van der Waals surface area contributed by atoms with Gasteiger partial charge in [-0.25, -0.2) is 17.6 Å². The van der Waals surface area contributed by atoms with Crippen molar-refractivity contribution >= 4 is 0 Å². The van der Waals surface area contributed by atoms with Crippen LogP contribution in [0.3, 0.4) is 0 Å². The van der Waals surface area contributed by atoms with Crippen LogP contribution in [0.5, 0.6) is 0 Å². The van der Waals surface area contributed by atoms with Gasteiger partial charge in [0.25, 0.3) is 0 Å². The van der Waals surface area contributed by atoms with Crippen molar-refractivity contribution in [2.75, 3.05) is 0 Å².